The van der Waals surface area contributed by atoms with E-state index < -0.39 is 0 Å². The normalized spacial score (nSPS) is 42.1. The molecule has 0 bridgehead atoms. The van der Waals surface area contributed by atoms with Crippen molar-refractivity contribution in [2.45, 2.75) is 71.3 Å². The molecule has 2 aliphatic carbocycles. The van der Waals surface area contributed by atoms with Crippen LogP contribution in [0.25, 0.3) is 0 Å². The molecule has 4 atom stereocenters. The van der Waals surface area contributed by atoms with Gasteiger partial charge >= 0.3 is 0 Å². The predicted molar refractivity (Wildman–Crippen MR) is 90.1 cm³/mol. The topological polar surface area (TPSA) is 46.7 Å². The fourth-order valence-corrected chi connectivity index (χ4v) is 5.93. The minimum Gasteiger partial charge on any atom is -0.369 e. The lowest BCUT2D eigenvalue weighted by Gasteiger charge is -2.59. The number of rotatable bonds is 5. The predicted octanol–water partition coefficient (Wildman–Crippen LogP) is 4.10. The van der Waals surface area contributed by atoms with Crippen molar-refractivity contribution in [3.8, 4) is 0 Å². The molecule has 0 radical (unpaired) electrons. The summed E-state index contributed by atoms with van der Waals surface area (Å²) < 4.78 is 5.97. The van der Waals surface area contributed by atoms with Crippen molar-refractivity contribution in [1.29, 1.82) is 0 Å². The summed E-state index contributed by atoms with van der Waals surface area (Å²) in [6, 6.07) is 0. The molecule has 128 valence electrons. The Balaban J connectivity index is 1.88. The molecule has 0 N–H and O–H groups in total. The molecule has 1 heterocycles. The molecule has 2 saturated carbocycles. The van der Waals surface area contributed by atoms with Crippen LogP contribution in [0.15, 0.2) is 11.6 Å². The van der Waals surface area contributed by atoms with Crippen LogP contribution in [0, 0.1) is 22.7 Å². The van der Waals surface area contributed by atoms with Crippen LogP contribution in [0.4, 0.5) is 0 Å². The second kappa shape index (κ2) is 5.84. The van der Waals surface area contributed by atoms with E-state index in [-0.39, 0.29) is 17.4 Å². The average Bonchev–Trinajstić information content (AvgIpc) is 3.24. The number of carbonyl (C=O) groups is 2. The van der Waals surface area contributed by atoms with E-state index in [9.17, 15) is 9.59 Å². The SMILES string of the molecule is CC1(C)CCC[C@@]2(C)[C@H]1CC[C@]1(CO1)[C@@H]2C/C=C(\C=O)CC=O. The minimum atomic E-state index is 0.0460. The fourth-order valence-electron chi connectivity index (χ4n) is 5.93. The quantitative estimate of drug-likeness (QED) is 0.435. The first-order chi connectivity index (χ1) is 10.9. The summed E-state index contributed by atoms with van der Waals surface area (Å²) in [5.41, 5.74) is 1.34. The number of hydrogen-bond acceptors (Lipinski definition) is 3. The summed E-state index contributed by atoms with van der Waals surface area (Å²) in [5.74, 6) is 1.19. The van der Waals surface area contributed by atoms with Gasteiger partial charge in [0.25, 0.3) is 0 Å². The highest BCUT2D eigenvalue weighted by molar-refractivity contribution is 5.78. The molecule has 0 aromatic carbocycles. The molecule has 0 aromatic heterocycles. The van der Waals surface area contributed by atoms with Crippen LogP contribution in [-0.2, 0) is 14.3 Å². The third-order valence-electron chi connectivity index (χ3n) is 7.16. The molecule has 3 nitrogen and oxygen atoms in total. The smallest absolute Gasteiger partial charge is 0.146 e. The van der Waals surface area contributed by atoms with E-state index in [2.05, 4.69) is 20.8 Å². The molecule has 0 aromatic rings. The number of carbonyl (C=O) groups excluding carboxylic acids is 2. The lowest BCUT2D eigenvalue weighted by atomic mass is 9.46. The average molecular weight is 318 g/mol. The zero-order chi connectivity index (χ0) is 16.7. The second-order valence-corrected chi connectivity index (χ2v) is 8.85. The molecule has 3 heteroatoms. The van der Waals surface area contributed by atoms with Gasteiger partial charge in [0, 0.05) is 6.42 Å². The van der Waals surface area contributed by atoms with Crippen LogP contribution >= 0.6 is 0 Å². The van der Waals surface area contributed by atoms with Crippen molar-refractivity contribution >= 4 is 12.6 Å². The zero-order valence-electron chi connectivity index (χ0n) is 14.8. The highest BCUT2D eigenvalue weighted by Gasteiger charge is 2.64. The molecule has 3 fully saturated rings. The maximum absolute atomic E-state index is 11.2. The van der Waals surface area contributed by atoms with Crippen LogP contribution in [0.1, 0.15) is 65.7 Å². The Kier molecular flexibility index (Phi) is 4.29. The Bertz CT molecular complexity index is 515. The summed E-state index contributed by atoms with van der Waals surface area (Å²) in [6.07, 6.45) is 11.0. The van der Waals surface area contributed by atoms with E-state index in [1.807, 2.05) is 6.08 Å². The lowest BCUT2D eigenvalue weighted by Crippen LogP contribution is -2.54. The van der Waals surface area contributed by atoms with Crippen molar-refractivity contribution < 1.29 is 14.3 Å². The van der Waals surface area contributed by atoms with E-state index in [0.29, 0.717) is 16.9 Å². The van der Waals surface area contributed by atoms with E-state index in [1.165, 1.54) is 25.7 Å². The Morgan fingerprint density at radius 1 is 1.17 bits per heavy atom. The first-order valence-corrected chi connectivity index (χ1v) is 9.10. The van der Waals surface area contributed by atoms with Crippen molar-refractivity contribution in [1.82, 2.24) is 0 Å². The number of ether oxygens (including phenoxy) is 1. The van der Waals surface area contributed by atoms with Gasteiger partial charge in [-0.2, -0.15) is 0 Å². The molecule has 23 heavy (non-hydrogen) atoms. The van der Waals surface area contributed by atoms with Gasteiger partial charge in [-0.25, -0.2) is 0 Å². The maximum atomic E-state index is 11.2. The summed E-state index contributed by atoms with van der Waals surface area (Å²) in [6.45, 7) is 8.19. The minimum absolute atomic E-state index is 0.0460. The molecular formula is C20H30O3. The van der Waals surface area contributed by atoms with Gasteiger partial charge in [-0.15, -0.1) is 0 Å². The molecule has 3 aliphatic rings. The Morgan fingerprint density at radius 2 is 1.91 bits per heavy atom. The van der Waals surface area contributed by atoms with Gasteiger partial charge in [0.1, 0.15) is 12.6 Å². The van der Waals surface area contributed by atoms with Gasteiger partial charge in [-0.1, -0.05) is 33.3 Å². The summed E-state index contributed by atoms with van der Waals surface area (Å²) in [5, 5.41) is 0. The van der Waals surface area contributed by atoms with Crippen molar-refractivity contribution in [2.75, 3.05) is 6.61 Å². The third-order valence-corrected chi connectivity index (χ3v) is 7.16. The fraction of sp³-hybridized carbons (Fsp3) is 0.800. The molecule has 0 amide bonds. The Hall–Kier alpha value is -0.960. The van der Waals surface area contributed by atoms with Gasteiger partial charge < -0.3 is 9.53 Å². The van der Waals surface area contributed by atoms with Crippen LogP contribution in [0.3, 0.4) is 0 Å². The van der Waals surface area contributed by atoms with E-state index in [4.69, 9.17) is 4.74 Å². The van der Waals surface area contributed by atoms with Crippen LogP contribution < -0.4 is 0 Å². The van der Waals surface area contributed by atoms with Crippen LogP contribution in [0.5, 0.6) is 0 Å². The van der Waals surface area contributed by atoms with E-state index in [0.717, 1.165) is 37.9 Å². The summed E-state index contributed by atoms with van der Waals surface area (Å²) in [4.78, 5) is 21.9. The highest BCUT2D eigenvalue weighted by atomic mass is 16.6. The highest BCUT2D eigenvalue weighted by Crippen LogP contribution is 2.66. The van der Waals surface area contributed by atoms with Crippen molar-refractivity contribution in [3.63, 3.8) is 0 Å². The van der Waals surface area contributed by atoms with E-state index >= 15 is 0 Å². The lowest BCUT2D eigenvalue weighted by molar-refractivity contribution is -0.109. The summed E-state index contributed by atoms with van der Waals surface area (Å²) in [7, 11) is 0. The van der Waals surface area contributed by atoms with Crippen molar-refractivity contribution in [3.05, 3.63) is 11.6 Å². The monoisotopic (exact) mass is 318 g/mol. The van der Waals surface area contributed by atoms with Gasteiger partial charge in [0.05, 0.1) is 12.2 Å². The van der Waals surface area contributed by atoms with Crippen LogP contribution in [0.2, 0.25) is 0 Å². The zero-order valence-corrected chi connectivity index (χ0v) is 14.8. The summed E-state index contributed by atoms with van der Waals surface area (Å²) >= 11 is 0. The van der Waals surface area contributed by atoms with Crippen molar-refractivity contribution in [2.24, 2.45) is 22.7 Å². The number of fused-ring (bicyclic) bond motifs is 1. The third kappa shape index (κ3) is 2.82. The second-order valence-electron chi connectivity index (χ2n) is 8.85. The first-order valence-electron chi connectivity index (χ1n) is 9.10. The number of allylic oxidation sites excluding steroid dienone is 2. The maximum Gasteiger partial charge on any atom is 0.146 e. The molecule has 1 saturated heterocycles. The van der Waals surface area contributed by atoms with Gasteiger partial charge in [-0.05, 0) is 60.3 Å². The van der Waals surface area contributed by atoms with Gasteiger partial charge in [0.2, 0.25) is 0 Å². The molecule has 1 aliphatic heterocycles. The van der Waals surface area contributed by atoms with Crippen LogP contribution in [-0.4, -0.2) is 24.8 Å². The number of epoxide rings is 1. The number of hydrogen-bond donors (Lipinski definition) is 0. The molecular weight excluding hydrogens is 288 g/mol. The molecule has 0 unspecified atom stereocenters. The Morgan fingerprint density at radius 3 is 2.52 bits per heavy atom. The largest absolute Gasteiger partial charge is 0.369 e. The number of aldehydes is 2. The first kappa shape index (κ1) is 16.9. The van der Waals surface area contributed by atoms with Gasteiger partial charge in [0.15, 0.2) is 0 Å². The Labute approximate surface area is 139 Å². The molecule has 1 spiro atoms. The van der Waals surface area contributed by atoms with E-state index in [1.54, 1.807) is 0 Å². The molecule has 3 rings (SSSR count). The van der Waals surface area contributed by atoms with Gasteiger partial charge in [-0.3, -0.25) is 4.79 Å². The standard InChI is InChI=1S/C20H30O3/c1-18(2)9-4-10-19(3)16(18)7-11-20(14-23-20)17(19)6-5-15(13-22)8-12-21/h5,12-13,16-17H,4,6-11,14H2,1-3H3/b15-5-/t16-,17+,19-,20-/m0/s1.